The Balaban J connectivity index is 1.98. The molecule has 0 aromatic carbocycles. The maximum absolute atomic E-state index is 11.4. The topological polar surface area (TPSA) is 107 Å². The van der Waals surface area contributed by atoms with E-state index < -0.39 is 0 Å². The molecule has 0 saturated carbocycles. The molecule has 0 aliphatic heterocycles. The standard InChI is InChI=1S/C16H17N7O2/c1-17-16(24)19-10-11-9-13(12-5-3-4-8-18-12)23(22-11)14-6-7-15(25-2)21-20-14/h3-9H,10H2,1-2H3,(H2,17,19,24). The maximum atomic E-state index is 11.4. The van der Waals surface area contributed by atoms with Gasteiger partial charge in [-0.05, 0) is 24.3 Å². The molecule has 0 aliphatic rings. The van der Waals surface area contributed by atoms with Gasteiger partial charge in [0.1, 0.15) is 0 Å². The number of nitrogens with zero attached hydrogens (tertiary/aromatic N) is 5. The fourth-order valence-electron chi connectivity index (χ4n) is 2.18. The first-order chi connectivity index (χ1) is 12.2. The van der Waals surface area contributed by atoms with Gasteiger partial charge in [0.15, 0.2) is 5.82 Å². The van der Waals surface area contributed by atoms with E-state index >= 15 is 0 Å². The Morgan fingerprint density at radius 3 is 2.76 bits per heavy atom. The molecule has 3 aromatic heterocycles. The Bertz CT molecular complexity index is 847. The van der Waals surface area contributed by atoms with Crippen molar-refractivity contribution in [2.24, 2.45) is 0 Å². The number of urea groups is 1. The predicted octanol–water partition coefficient (Wildman–Crippen LogP) is 1.16. The minimum atomic E-state index is -0.279. The number of rotatable bonds is 5. The molecule has 0 fully saturated rings. The van der Waals surface area contributed by atoms with Crippen molar-refractivity contribution >= 4 is 6.03 Å². The summed E-state index contributed by atoms with van der Waals surface area (Å²) in [5.41, 5.74) is 2.15. The molecule has 0 spiro atoms. The van der Waals surface area contributed by atoms with Gasteiger partial charge in [0, 0.05) is 19.3 Å². The first kappa shape index (κ1) is 16.4. The zero-order chi connectivity index (χ0) is 17.6. The van der Waals surface area contributed by atoms with Crippen molar-refractivity contribution in [3.05, 3.63) is 48.3 Å². The lowest BCUT2D eigenvalue weighted by atomic mass is 10.2. The van der Waals surface area contributed by atoms with E-state index in [0.717, 1.165) is 11.4 Å². The lowest BCUT2D eigenvalue weighted by Crippen LogP contribution is -2.32. The van der Waals surface area contributed by atoms with Crippen LogP contribution in [0.25, 0.3) is 17.2 Å². The lowest BCUT2D eigenvalue weighted by molar-refractivity contribution is 0.242. The van der Waals surface area contributed by atoms with Crippen LogP contribution in [0, 0.1) is 0 Å². The normalized spacial score (nSPS) is 10.3. The number of hydrogen-bond donors (Lipinski definition) is 2. The first-order valence-corrected chi connectivity index (χ1v) is 7.55. The second-order valence-electron chi connectivity index (χ2n) is 5.01. The summed E-state index contributed by atoms with van der Waals surface area (Å²) in [4.78, 5) is 15.7. The van der Waals surface area contributed by atoms with Crippen LogP contribution in [0.5, 0.6) is 5.88 Å². The number of carbonyl (C=O) groups is 1. The molecule has 3 aromatic rings. The van der Waals surface area contributed by atoms with Crippen molar-refractivity contribution in [1.82, 2.24) is 35.6 Å². The second kappa shape index (κ2) is 7.39. The highest BCUT2D eigenvalue weighted by molar-refractivity contribution is 5.73. The van der Waals surface area contributed by atoms with Crippen molar-refractivity contribution in [2.45, 2.75) is 6.54 Å². The molecule has 128 valence electrons. The van der Waals surface area contributed by atoms with Gasteiger partial charge in [0.05, 0.1) is 30.7 Å². The van der Waals surface area contributed by atoms with E-state index in [0.29, 0.717) is 17.4 Å². The molecule has 0 saturated heterocycles. The summed E-state index contributed by atoms with van der Waals surface area (Å²) in [6.45, 7) is 0.274. The number of aromatic nitrogens is 5. The summed E-state index contributed by atoms with van der Waals surface area (Å²) in [6, 6.07) is 10.6. The van der Waals surface area contributed by atoms with E-state index in [1.807, 2.05) is 24.3 Å². The molecule has 2 amide bonds. The molecule has 0 bridgehead atoms. The van der Waals surface area contributed by atoms with E-state index in [1.54, 1.807) is 30.1 Å². The van der Waals surface area contributed by atoms with E-state index in [9.17, 15) is 4.79 Å². The Morgan fingerprint density at radius 2 is 2.12 bits per heavy atom. The van der Waals surface area contributed by atoms with Crippen LogP contribution >= 0.6 is 0 Å². The summed E-state index contributed by atoms with van der Waals surface area (Å²) in [5.74, 6) is 0.935. The number of amides is 2. The van der Waals surface area contributed by atoms with Gasteiger partial charge in [-0.15, -0.1) is 10.2 Å². The monoisotopic (exact) mass is 339 g/mol. The van der Waals surface area contributed by atoms with Gasteiger partial charge in [-0.2, -0.15) is 5.10 Å². The number of methoxy groups -OCH3 is 1. The quantitative estimate of drug-likeness (QED) is 0.722. The maximum Gasteiger partial charge on any atom is 0.314 e. The molecule has 25 heavy (non-hydrogen) atoms. The average Bonchev–Trinajstić information content (AvgIpc) is 3.11. The van der Waals surface area contributed by atoms with Gasteiger partial charge in [0.2, 0.25) is 5.88 Å². The van der Waals surface area contributed by atoms with Crippen LogP contribution in [0.3, 0.4) is 0 Å². The number of ether oxygens (including phenoxy) is 1. The van der Waals surface area contributed by atoms with E-state index in [-0.39, 0.29) is 12.6 Å². The number of nitrogens with one attached hydrogen (secondary N) is 2. The highest BCUT2D eigenvalue weighted by atomic mass is 16.5. The molecular weight excluding hydrogens is 322 g/mol. The van der Waals surface area contributed by atoms with Crippen LogP contribution in [0.15, 0.2) is 42.6 Å². The molecule has 9 nitrogen and oxygen atoms in total. The fourth-order valence-corrected chi connectivity index (χ4v) is 2.18. The molecule has 0 aliphatic carbocycles. The van der Waals surface area contributed by atoms with Crippen molar-refractivity contribution in [3.63, 3.8) is 0 Å². The van der Waals surface area contributed by atoms with Gasteiger partial charge < -0.3 is 15.4 Å². The van der Waals surface area contributed by atoms with Gasteiger partial charge >= 0.3 is 6.03 Å². The van der Waals surface area contributed by atoms with Gasteiger partial charge in [-0.25, -0.2) is 9.48 Å². The van der Waals surface area contributed by atoms with Crippen LogP contribution in [0.4, 0.5) is 4.79 Å². The van der Waals surface area contributed by atoms with Gasteiger partial charge in [0.25, 0.3) is 0 Å². The first-order valence-electron chi connectivity index (χ1n) is 7.55. The highest BCUT2D eigenvalue weighted by Crippen LogP contribution is 2.21. The zero-order valence-corrected chi connectivity index (χ0v) is 13.8. The van der Waals surface area contributed by atoms with Crippen LogP contribution < -0.4 is 15.4 Å². The third-order valence-corrected chi connectivity index (χ3v) is 3.40. The van der Waals surface area contributed by atoms with Crippen molar-refractivity contribution in [3.8, 4) is 23.1 Å². The predicted molar refractivity (Wildman–Crippen MR) is 90.2 cm³/mol. The van der Waals surface area contributed by atoms with Gasteiger partial charge in [-0.3, -0.25) is 4.98 Å². The van der Waals surface area contributed by atoms with E-state index in [4.69, 9.17) is 4.74 Å². The minimum Gasteiger partial charge on any atom is -0.480 e. The SMILES string of the molecule is CNC(=O)NCc1cc(-c2ccccn2)n(-c2ccc(OC)nn2)n1. The molecule has 9 heteroatoms. The molecule has 3 heterocycles. The smallest absolute Gasteiger partial charge is 0.314 e. The minimum absolute atomic E-state index is 0.274. The van der Waals surface area contributed by atoms with Crippen LogP contribution in [-0.4, -0.2) is 45.2 Å². The fraction of sp³-hybridized carbons (Fsp3) is 0.188. The van der Waals surface area contributed by atoms with Crippen LogP contribution in [0.1, 0.15) is 5.69 Å². The average molecular weight is 339 g/mol. The summed E-state index contributed by atoms with van der Waals surface area (Å²) < 4.78 is 6.67. The van der Waals surface area contributed by atoms with Crippen LogP contribution in [-0.2, 0) is 6.54 Å². The second-order valence-corrected chi connectivity index (χ2v) is 5.01. The Morgan fingerprint density at radius 1 is 1.24 bits per heavy atom. The summed E-state index contributed by atoms with van der Waals surface area (Å²) in [7, 11) is 3.08. The Kier molecular flexibility index (Phi) is 4.84. The summed E-state index contributed by atoms with van der Waals surface area (Å²) in [5, 5.41) is 17.8. The summed E-state index contributed by atoms with van der Waals surface area (Å²) in [6.07, 6.45) is 1.70. The third-order valence-electron chi connectivity index (χ3n) is 3.40. The number of carbonyl (C=O) groups excluding carboxylic acids is 1. The van der Waals surface area contributed by atoms with Crippen molar-refractivity contribution in [2.75, 3.05) is 14.2 Å². The van der Waals surface area contributed by atoms with E-state index in [1.165, 1.54) is 7.11 Å². The van der Waals surface area contributed by atoms with Crippen molar-refractivity contribution in [1.29, 1.82) is 0 Å². The molecule has 2 N–H and O–H groups in total. The molecule has 0 atom stereocenters. The van der Waals surface area contributed by atoms with E-state index in [2.05, 4.69) is 30.9 Å². The Hall–Kier alpha value is -3.49. The zero-order valence-electron chi connectivity index (χ0n) is 13.8. The molecule has 0 unspecified atom stereocenters. The highest BCUT2D eigenvalue weighted by Gasteiger charge is 2.14. The molecule has 0 radical (unpaired) electrons. The lowest BCUT2D eigenvalue weighted by Gasteiger charge is -2.06. The number of hydrogen-bond acceptors (Lipinski definition) is 6. The van der Waals surface area contributed by atoms with Crippen LogP contribution in [0.2, 0.25) is 0 Å². The van der Waals surface area contributed by atoms with Crippen molar-refractivity contribution < 1.29 is 9.53 Å². The summed E-state index contributed by atoms with van der Waals surface area (Å²) >= 11 is 0. The third kappa shape index (κ3) is 3.71. The number of pyridine rings is 1. The van der Waals surface area contributed by atoms with Gasteiger partial charge in [-0.1, -0.05) is 6.07 Å². The Labute approximate surface area is 144 Å². The largest absolute Gasteiger partial charge is 0.480 e. The molecule has 3 rings (SSSR count). The molecular formula is C16H17N7O2.